The molecule has 0 aliphatic heterocycles. The standard InChI is InChI=1S/C11H7BrN4/c12-8-4-7(5-13-6-8)10-15-9-2-1-3-14-11(9)16-10/h1-6H,(H,14,15,16). The minimum absolute atomic E-state index is 0.720. The Hall–Kier alpha value is -1.75. The highest BCUT2D eigenvalue weighted by atomic mass is 79.9. The number of hydrogen-bond donors (Lipinski definition) is 1. The molecule has 0 bridgehead atoms. The molecule has 0 spiro atoms. The van der Waals surface area contributed by atoms with Crippen LogP contribution < -0.4 is 0 Å². The number of hydrogen-bond acceptors (Lipinski definition) is 3. The van der Waals surface area contributed by atoms with Crippen molar-refractivity contribution in [1.29, 1.82) is 0 Å². The molecule has 0 atom stereocenters. The largest absolute Gasteiger partial charge is 0.337 e. The van der Waals surface area contributed by atoms with E-state index >= 15 is 0 Å². The summed E-state index contributed by atoms with van der Waals surface area (Å²) < 4.78 is 0.929. The second-order valence-corrected chi connectivity index (χ2v) is 4.27. The zero-order valence-corrected chi connectivity index (χ0v) is 9.77. The topological polar surface area (TPSA) is 54.5 Å². The van der Waals surface area contributed by atoms with E-state index in [4.69, 9.17) is 0 Å². The van der Waals surface area contributed by atoms with E-state index in [9.17, 15) is 0 Å². The van der Waals surface area contributed by atoms with Gasteiger partial charge in [-0.3, -0.25) is 4.98 Å². The molecular formula is C11H7BrN4. The van der Waals surface area contributed by atoms with Crippen LogP contribution in [0.4, 0.5) is 0 Å². The number of fused-ring (bicyclic) bond motifs is 1. The van der Waals surface area contributed by atoms with Crippen LogP contribution >= 0.6 is 15.9 Å². The average molecular weight is 275 g/mol. The zero-order valence-electron chi connectivity index (χ0n) is 8.18. The van der Waals surface area contributed by atoms with Gasteiger partial charge in [0.25, 0.3) is 0 Å². The number of aromatic nitrogens is 4. The van der Waals surface area contributed by atoms with Crippen molar-refractivity contribution in [3.63, 3.8) is 0 Å². The second kappa shape index (κ2) is 3.68. The molecule has 0 aliphatic carbocycles. The molecule has 0 radical (unpaired) electrons. The molecule has 0 aliphatic rings. The third kappa shape index (κ3) is 1.59. The van der Waals surface area contributed by atoms with Gasteiger partial charge in [-0.25, -0.2) is 9.97 Å². The van der Waals surface area contributed by atoms with Gasteiger partial charge >= 0.3 is 0 Å². The van der Waals surface area contributed by atoms with E-state index < -0.39 is 0 Å². The van der Waals surface area contributed by atoms with Crippen molar-refractivity contribution in [2.24, 2.45) is 0 Å². The smallest absolute Gasteiger partial charge is 0.178 e. The van der Waals surface area contributed by atoms with Crippen molar-refractivity contribution in [3.05, 3.63) is 41.3 Å². The van der Waals surface area contributed by atoms with Gasteiger partial charge in [0.15, 0.2) is 5.65 Å². The van der Waals surface area contributed by atoms with Gasteiger partial charge < -0.3 is 4.98 Å². The summed E-state index contributed by atoms with van der Waals surface area (Å²) in [6.45, 7) is 0. The number of nitrogens with zero attached hydrogens (tertiary/aromatic N) is 3. The molecule has 78 valence electrons. The van der Waals surface area contributed by atoms with Gasteiger partial charge in [-0.05, 0) is 34.1 Å². The monoisotopic (exact) mass is 274 g/mol. The van der Waals surface area contributed by atoms with E-state index in [1.807, 2.05) is 18.2 Å². The van der Waals surface area contributed by atoms with Crippen LogP contribution in [-0.2, 0) is 0 Å². The van der Waals surface area contributed by atoms with Crippen LogP contribution in [0.1, 0.15) is 0 Å². The maximum absolute atomic E-state index is 4.40. The summed E-state index contributed by atoms with van der Waals surface area (Å²) in [5, 5.41) is 0. The lowest BCUT2D eigenvalue weighted by Crippen LogP contribution is -1.82. The third-order valence-corrected chi connectivity index (χ3v) is 2.67. The fraction of sp³-hybridized carbons (Fsp3) is 0. The van der Waals surface area contributed by atoms with Crippen LogP contribution in [0.2, 0.25) is 0 Å². The van der Waals surface area contributed by atoms with Gasteiger partial charge in [0, 0.05) is 28.6 Å². The normalized spacial score (nSPS) is 10.8. The Kier molecular flexibility index (Phi) is 2.18. The van der Waals surface area contributed by atoms with Crippen molar-refractivity contribution in [3.8, 4) is 11.4 Å². The number of pyridine rings is 2. The lowest BCUT2D eigenvalue weighted by molar-refractivity contribution is 1.25. The summed E-state index contributed by atoms with van der Waals surface area (Å²) >= 11 is 3.38. The first kappa shape index (κ1) is 9.47. The third-order valence-electron chi connectivity index (χ3n) is 2.24. The first-order valence-electron chi connectivity index (χ1n) is 4.74. The molecule has 16 heavy (non-hydrogen) atoms. The Morgan fingerprint density at radius 1 is 1.25 bits per heavy atom. The number of aromatic amines is 1. The van der Waals surface area contributed by atoms with Crippen LogP contribution in [0.15, 0.2) is 41.3 Å². The molecule has 0 aromatic carbocycles. The van der Waals surface area contributed by atoms with Crippen LogP contribution in [0.5, 0.6) is 0 Å². The lowest BCUT2D eigenvalue weighted by atomic mass is 10.3. The molecule has 3 rings (SSSR count). The molecular weight excluding hydrogens is 268 g/mol. The van der Waals surface area contributed by atoms with E-state index in [2.05, 4.69) is 35.9 Å². The Morgan fingerprint density at radius 3 is 3.00 bits per heavy atom. The molecule has 0 fully saturated rings. The molecule has 3 aromatic heterocycles. The van der Waals surface area contributed by atoms with Crippen LogP contribution in [-0.4, -0.2) is 19.9 Å². The van der Waals surface area contributed by atoms with Crippen molar-refractivity contribution >= 4 is 27.1 Å². The number of halogens is 1. The van der Waals surface area contributed by atoms with Gasteiger partial charge in [-0.15, -0.1) is 0 Å². The first-order valence-corrected chi connectivity index (χ1v) is 5.54. The Morgan fingerprint density at radius 2 is 2.19 bits per heavy atom. The Bertz CT molecular complexity index is 614. The predicted octanol–water partition coefficient (Wildman–Crippen LogP) is 2.78. The van der Waals surface area contributed by atoms with Gasteiger partial charge in [0.1, 0.15) is 5.82 Å². The molecule has 4 nitrogen and oxygen atoms in total. The highest BCUT2D eigenvalue weighted by Gasteiger charge is 2.05. The number of H-pyrrole nitrogens is 1. The van der Waals surface area contributed by atoms with Gasteiger partial charge in [-0.2, -0.15) is 0 Å². The van der Waals surface area contributed by atoms with Crippen LogP contribution in [0.25, 0.3) is 22.6 Å². The quantitative estimate of drug-likeness (QED) is 0.743. The second-order valence-electron chi connectivity index (χ2n) is 3.35. The minimum Gasteiger partial charge on any atom is -0.337 e. The maximum atomic E-state index is 4.40. The average Bonchev–Trinajstić information content (AvgIpc) is 2.72. The fourth-order valence-electron chi connectivity index (χ4n) is 1.52. The van der Waals surface area contributed by atoms with E-state index in [1.54, 1.807) is 18.6 Å². The predicted molar refractivity (Wildman–Crippen MR) is 64.8 cm³/mol. The summed E-state index contributed by atoms with van der Waals surface area (Å²) in [7, 11) is 0. The molecule has 0 unspecified atom stereocenters. The Balaban J connectivity index is 2.19. The van der Waals surface area contributed by atoms with E-state index in [1.165, 1.54) is 0 Å². The highest BCUT2D eigenvalue weighted by Crippen LogP contribution is 2.20. The fourth-order valence-corrected chi connectivity index (χ4v) is 1.89. The van der Waals surface area contributed by atoms with Crippen molar-refractivity contribution in [2.45, 2.75) is 0 Å². The van der Waals surface area contributed by atoms with Crippen molar-refractivity contribution in [1.82, 2.24) is 19.9 Å². The molecule has 0 saturated heterocycles. The SMILES string of the molecule is Brc1cncc(-c2nc3ncccc3[nH]2)c1. The number of nitrogens with one attached hydrogen (secondary N) is 1. The van der Waals surface area contributed by atoms with Gasteiger partial charge in [0.2, 0.25) is 0 Å². The number of rotatable bonds is 1. The van der Waals surface area contributed by atoms with E-state index in [-0.39, 0.29) is 0 Å². The molecule has 0 amide bonds. The molecule has 3 heterocycles. The summed E-state index contributed by atoms with van der Waals surface area (Å²) in [5.41, 5.74) is 2.59. The van der Waals surface area contributed by atoms with E-state index in [0.717, 1.165) is 27.0 Å². The summed E-state index contributed by atoms with van der Waals surface area (Å²) in [5.74, 6) is 0.780. The Labute approximate surface area is 99.9 Å². The summed E-state index contributed by atoms with van der Waals surface area (Å²) in [6, 6.07) is 5.79. The first-order chi connectivity index (χ1) is 7.83. The van der Waals surface area contributed by atoms with Crippen molar-refractivity contribution < 1.29 is 0 Å². The molecule has 1 N–H and O–H groups in total. The molecule has 5 heteroatoms. The minimum atomic E-state index is 0.720. The van der Waals surface area contributed by atoms with Crippen LogP contribution in [0, 0.1) is 0 Å². The molecule has 3 aromatic rings. The van der Waals surface area contributed by atoms with Gasteiger partial charge in [-0.1, -0.05) is 0 Å². The van der Waals surface area contributed by atoms with Gasteiger partial charge in [0.05, 0.1) is 5.52 Å². The lowest BCUT2D eigenvalue weighted by Gasteiger charge is -1.95. The summed E-state index contributed by atoms with van der Waals surface area (Å²) in [4.78, 5) is 15.9. The number of imidazole rings is 1. The highest BCUT2D eigenvalue weighted by molar-refractivity contribution is 9.10. The van der Waals surface area contributed by atoms with E-state index in [0.29, 0.717) is 0 Å². The van der Waals surface area contributed by atoms with Crippen molar-refractivity contribution in [2.75, 3.05) is 0 Å². The zero-order chi connectivity index (χ0) is 11.0. The van der Waals surface area contributed by atoms with Crippen LogP contribution in [0.3, 0.4) is 0 Å². The summed E-state index contributed by atoms with van der Waals surface area (Å²) in [6.07, 6.45) is 5.24. The molecule has 0 saturated carbocycles. The maximum Gasteiger partial charge on any atom is 0.178 e.